The molecule has 5 nitrogen and oxygen atoms in total. The van der Waals surface area contributed by atoms with E-state index in [0.717, 1.165) is 42.3 Å². The van der Waals surface area contributed by atoms with Crippen LogP contribution in [0.4, 0.5) is 11.5 Å². The second kappa shape index (κ2) is 8.56. The Morgan fingerprint density at radius 3 is 2.63 bits per heavy atom. The van der Waals surface area contributed by atoms with Crippen LogP contribution in [0.1, 0.15) is 38.7 Å². The maximum atomic E-state index is 13.0. The molecule has 2 aromatic rings. The number of rotatable bonds is 6. The van der Waals surface area contributed by atoms with Crippen molar-refractivity contribution in [2.24, 2.45) is 5.41 Å². The fraction of sp³-hybridized carbons (Fsp3) is 0.375. The molecule has 2 aliphatic rings. The number of allylic oxidation sites excluding steroid dienone is 1. The molecule has 30 heavy (non-hydrogen) atoms. The van der Waals surface area contributed by atoms with Crippen LogP contribution in [0.5, 0.6) is 0 Å². The molecule has 0 radical (unpaired) electrons. The minimum Gasteiger partial charge on any atom is -0.384 e. The molecule has 2 heterocycles. The number of aromatic nitrogens is 1. The predicted octanol–water partition coefficient (Wildman–Crippen LogP) is 4.46. The molecule has 0 saturated carbocycles. The Kier molecular flexibility index (Phi) is 5.86. The van der Waals surface area contributed by atoms with Gasteiger partial charge in [0.1, 0.15) is 10.8 Å². The van der Waals surface area contributed by atoms with E-state index >= 15 is 0 Å². The summed E-state index contributed by atoms with van der Waals surface area (Å²) in [6, 6.07) is 13.9. The van der Waals surface area contributed by atoms with Gasteiger partial charge in [-0.1, -0.05) is 44.3 Å². The van der Waals surface area contributed by atoms with Gasteiger partial charge in [0.15, 0.2) is 5.78 Å². The second-order valence-corrected chi connectivity index (χ2v) is 9.24. The van der Waals surface area contributed by atoms with Crippen LogP contribution in [0.3, 0.4) is 0 Å². The van der Waals surface area contributed by atoms with Gasteiger partial charge in [0.05, 0.1) is 5.57 Å². The minimum atomic E-state index is -0.0910. The normalized spacial score (nSPS) is 18.1. The average Bonchev–Trinajstić information content (AvgIpc) is 2.65. The van der Waals surface area contributed by atoms with E-state index in [0.29, 0.717) is 23.5 Å². The van der Waals surface area contributed by atoms with Gasteiger partial charge in [0.25, 0.3) is 0 Å². The molecule has 2 N–H and O–H groups in total. The minimum absolute atomic E-state index is 0.0910. The lowest BCUT2D eigenvalue weighted by molar-refractivity contribution is -0.117. The first-order chi connectivity index (χ1) is 14.4. The highest BCUT2D eigenvalue weighted by atomic mass is 32.1. The molecule has 4 rings (SSSR count). The van der Waals surface area contributed by atoms with Crippen molar-refractivity contribution in [1.82, 2.24) is 10.3 Å². The molecule has 1 aliphatic carbocycles. The number of ketones is 1. The second-order valence-electron chi connectivity index (χ2n) is 8.83. The highest BCUT2D eigenvalue weighted by molar-refractivity contribution is 7.81. The number of anilines is 2. The van der Waals surface area contributed by atoms with E-state index in [1.54, 1.807) is 0 Å². The number of para-hydroxylation sites is 1. The molecular weight excluding hydrogens is 392 g/mol. The zero-order valence-corrected chi connectivity index (χ0v) is 18.4. The van der Waals surface area contributed by atoms with Crippen molar-refractivity contribution < 1.29 is 4.79 Å². The molecule has 1 fully saturated rings. The van der Waals surface area contributed by atoms with Crippen LogP contribution in [-0.4, -0.2) is 28.8 Å². The van der Waals surface area contributed by atoms with Gasteiger partial charge in [-0.25, -0.2) is 4.98 Å². The van der Waals surface area contributed by atoms with Gasteiger partial charge in [-0.05, 0) is 48.1 Å². The Morgan fingerprint density at radius 2 is 1.93 bits per heavy atom. The number of thiocarbonyl (C=S) groups is 1. The van der Waals surface area contributed by atoms with E-state index in [1.807, 2.05) is 42.6 Å². The monoisotopic (exact) mass is 420 g/mol. The summed E-state index contributed by atoms with van der Waals surface area (Å²) in [5, 5.41) is 6.76. The van der Waals surface area contributed by atoms with E-state index in [2.05, 4.69) is 40.4 Å². The third-order valence-corrected chi connectivity index (χ3v) is 5.94. The lowest BCUT2D eigenvalue weighted by atomic mass is 9.75. The fourth-order valence-electron chi connectivity index (χ4n) is 3.95. The number of nitrogens with one attached hydrogen (secondary N) is 2. The predicted molar refractivity (Wildman–Crippen MR) is 126 cm³/mol. The molecular formula is C24H28N4OS. The molecule has 0 amide bonds. The lowest BCUT2D eigenvalue weighted by Gasteiger charge is -2.33. The summed E-state index contributed by atoms with van der Waals surface area (Å²) in [5.41, 5.74) is 3.49. The number of benzene rings is 1. The van der Waals surface area contributed by atoms with Crippen molar-refractivity contribution in [2.45, 2.75) is 39.7 Å². The van der Waals surface area contributed by atoms with E-state index < -0.39 is 0 Å². The van der Waals surface area contributed by atoms with Crippen LogP contribution in [-0.2, 0) is 11.3 Å². The summed E-state index contributed by atoms with van der Waals surface area (Å²) in [4.78, 5) is 20.3. The van der Waals surface area contributed by atoms with Crippen LogP contribution in [0.15, 0.2) is 59.9 Å². The first-order valence-electron chi connectivity index (χ1n) is 10.5. The molecule has 1 aromatic carbocycles. The lowest BCUT2D eigenvalue weighted by Crippen LogP contribution is -2.37. The van der Waals surface area contributed by atoms with E-state index in [9.17, 15) is 4.79 Å². The summed E-state index contributed by atoms with van der Waals surface area (Å²) in [6.07, 6.45) is 4.37. The third kappa shape index (κ3) is 4.70. The summed E-state index contributed by atoms with van der Waals surface area (Å²) < 4.78 is 0. The number of pyridine rings is 1. The Balaban J connectivity index is 1.55. The van der Waals surface area contributed by atoms with Crippen molar-refractivity contribution in [3.8, 4) is 0 Å². The zero-order valence-electron chi connectivity index (χ0n) is 17.6. The average molecular weight is 421 g/mol. The van der Waals surface area contributed by atoms with Crippen molar-refractivity contribution >= 4 is 34.5 Å². The molecule has 0 bridgehead atoms. The van der Waals surface area contributed by atoms with Crippen LogP contribution in [0.25, 0.3) is 0 Å². The van der Waals surface area contributed by atoms with Crippen molar-refractivity contribution in [3.05, 3.63) is 65.5 Å². The molecule has 0 atom stereocenters. The largest absolute Gasteiger partial charge is 0.384 e. The quantitative estimate of drug-likeness (QED) is 0.673. The molecule has 1 aliphatic heterocycles. The maximum absolute atomic E-state index is 13.0. The zero-order chi connectivity index (χ0) is 21.1. The van der Waals surface area contributed by atoms with Gasteiger partial charge in [-0.15, -0.1) is 0 Å². The molecule has 156 valence electrons. The van der Waals surface area contributed by atoms with Crippen LogP contribution >= 0.6 is 12.2 Å². The first kappa shape index (κ1) is 20.5. The van der Waals surface area contributed by atoms with Gasteiger partial charge in [0.2, 0.25) is 0 Å². The van der Waals surface area contributed by atoms with E-state index in [1.165, 1.54) is 6.42 Å². The molecule has 0 unspecified atom stereocenters. The smallest absolute Gasteiger partial charge is 0.168 e. The first-order valence-corrected chi connectivity index (χ1v) is 10.9. The van der Waals surface area contributed by atoms with Crippen molar-refractivity contribution in [3.63, 3.8) is 0 Å². The maximum Gasteiger partial charge on any atom is 0.168 e. The number of hydrogen-bond donors (Lipinski definition) is 2. The molecule has 6 heteroatoms. The number of carbonyl (C=O) groups is 1. The fourth-order valence-corrected chi connectivity index (χ4v) is 4.30. The van der Waals surface area contributed by atoms with Crippen LogP contribution < -0.4 is 15.5 Å². The van der Waals surface area contributed by atoms with Crippen LogP contribution in [0.2, 0.25) is 0 Å². The van der Waals surface area contributed by atoms with E-state index in [4.69, 9.17) is 12.2 Å². The Hall–Kier alpha value is -2.73. The molecule has 1 saturated heterocycles. The number of hydrogen-bond acceptors (Lipinski definition) is 5. The highest BCUT2D eigenvalue weighted by Crippen LogP contribution is 2.36. The van der Waals surface area contributed by atoms with Crippen molar-refractivity contribution in [2.75, 3.05) is 23.3 Å². The summed E-state index contributed by atoms with van der Waals surface area (Å²) >= 11 is 5.65. The van der Waals surface area contributed by atoms with E-state index in [-0.39, 0.29) is 11.2 Å². The SMILES string of the molecule is CC1(C)CC(=O)C(C(=S)Nc2ccccc2)=C(NCc2ccnc(N3CCC3)c2)C1. The highest BCUT2D eigenvalue weighted by Gasteiger charge is 2.34. The Labute approximate surface area is 183 Å². The topological polar surface area (TPSA) is 57.3 Å². The number of carbonyl (C=O) groups excluding carboxylic acids is 1. The summed E-state index contributed by atoms with van der Waals surface area (Å²) in [6.45, 7) is 7.04. The number of Topliss-reactive ketones (excluding diaryl/α,β-unsaturated/α-hetero) is 1. The van der Waals surface area contributed by atoms with Crippen molar-refractivity contribution in [1.29, 1.82) is 0 Å². The van der Waals surface area contributed by atoms with Gasteiger partial charge >= 0.3 is 0 Å². The Bertz CT molecular complexity index is 980. The van der Waals surface area contributed by atoms with Gasteiger partial charge < -0.3 is 15.5 Å². The van der Waals surface area contributed by atoms with Crippen LogP contribution in [0, 0.1) is 5.41 Å². The van der Waals surface area contributed by atoms with Gasteiger partial charge in [-0.2, -0.15) is 0 Å². The molecule has 1 aromatic heterocycles. The molecule has 0 spiro atoms. The Morgan fingerprint density at radius 1 is 1.17 bits per heavy atom. The van der Waals surface area contributed by atoms with Gasteiger partial charge in [-0.3, -0.25) is 4.79 Å². The summed E-state index contributed by atoms with van der Waals surface area (Å²) in [7, 11) is 0. The number of nitrogens with zero attached hydrogens (tertiary/aromatic N) is 2. The summed E-state index contributed by atoms with van der Waals surface area (Å²) in [5.74, 6) is 1.12. The van der Waals surface area contributed by atoms with Gasteiger partial charge in [0, 0.05) is 43.6 Å². The third-order valence-electron chi connectivity index (χ3n) is 5.63. The standard InChI is InChI=1S/C24H28N4OS/c1-24(2)14-19(26-16-17-9-10-25-21(13-17)28-11-6-12-28)22(20(29)15-24)23(30)27-18-7-4-3-5-8-18/h3-5,7-10,13,26H,6,11-12,14-16H2,1-2H3,(H,27,30).